The molecule has 2 rings (SSSR count). The van der Waals surface area contributed by atoms with Crippen LogP contribution in [0.5, 0.6) is 5.75 Å². The van der Waals surface area contributed by atoms with E-state index in [-0.39, 0.29) is 0 Å². The van der Waals surface area contributed by atoms with Crippen LogP contribution in [0.2, 0.25) is 0 Å². The molecule has 0 unspecified atom stereocenters. The topological polar surface area (TPSA) is 36.3 Å². The van der Waals surface area contributed by atoms with Crippen molar-refractivity contribution in [2.24, 2.45) is 5.92 Å². The smallest absolute Gasteiger partial charge is 0.137 e. The summed E-state index contributed by atoms with van der Waals surface area (Å²) in [6.45, 7) is 7.28. The van der Waals surface area contributed by atoms with E-state index in [2.05, 4.69) is 24.8 Å². The second kappa shape index (κ2) is 8.05. The molecule has 0 saturated heterocycles. The average Bonchev–Trinajstić information content (AvgIpc) is 3.00. The molecule has 3 heteroatoms. The summed E-state index contributed by atoms with van der Waals surface area (Å²) in [5, 5.41) is 9.08. The molecule has 1 aromatic carbocycles. The van der Waals surface area contributed by atoms with Gasteiger partial charge in [0, 0.05) is 19.1 Å². The molecule has 0 atom stereocenters. The van der Waals surface area contributed by atoms with Crippen LogP contribution < -0.4 is 4.74 Å². The third kappa shape index (κ3) is 4.75. The zero-order valence-corrected chi connectivity index (χ0v) is 13.2. The number of hydrogen-bond acceptors (Lipinski definition) is 3. The highest BCUT2D eigenvalue weighted by Crippen LogP contribution is 2.24. The van der Waals surface area contributed by atoms with Crippen LogP contribution in [0.1, 0.15) is 45.1 Å². The second-order valence-electron chi connectivity index (χ2n) is 6.28. The fourth-order valence-corrected chi connectivity index (χ4v) is 3.12. The van der Waals surface area contributed by atoms with Crippen molar-refractivity contribution in [3.05, 3.63) is 29.8 Å². The van der Waals surface area contributed by atoms with Crippen LogP contribution in [0, 0.1) is 17.2 Å². The van der Waals surface area contributed by atoms with Gasteiger partial charge in [0.1, 0.15) is 18.4 Å². The molecule has 0 radical (unpaired) electrons. The lowest BCUT2D eigenvalue weighted by atomic mass is 10.1. The zero-order valence-electron chi connectivity index (χ0n) is 13.2. The van der Waals surface area contributed by atoms with Crippen molar-refractivity contribution in [3.8, 4) is 11.8 Å². The number of benzene rings is 1. The third-order valence-corrected chi connectivity index (χ3v) is 4.08. The second-order valence-corrected chi connectivity index (χ2v) is 6.28. The van der Waals surface area contributed by atoms with E-state index < -0.39 is 0 Å². The van der Waals surface area contributed by atoms with Gasteiger partial charge in [-0.2, -0.15) is 5.26 Å². The Hall–Kier alpha value is -1.53. The molecular formula is C18H26N2O. The monoisotopic (exact) mass is 286 g/mol. The van der Waals surface area contributed by atoms with Crippen molar-refractivity contribution >= 4 is 0 Å². The highest BCUT2D eigenvalue weighted by atomic mass is 16.5. The van der Waals surface area contributed by atoms with Gasteiger partial charge in [-0.15, -0.1) is 0 Å². The van der Waals surface area contributed by atoms with Crippen LogP contribution in [0.3, 0.4) is 0 Å². The van der Waals surface area contributed by atoms with Crippen LogP contribution >= 0.6 is 0 Å². The number of nitriles is 1. The van der Waals surface area contributed by atoms with E-state index in [1.807, 2.05) is 18.2 Å². The van der Waals surface area contributed by atoms with Crippen LogP contribution in [0.15, 0.2) is 24.3 Å². The Balaban J connectivity index is 1.88. The molecule has 0 N–H and O–H groups in total. The van der Waals surface area contributed by atoms with E-state index in [0.717, 1.165) is 19.1 Å². The Kier molecular flexibility index (Phi) is 6.07. The fraction of sp³-hybridized carbons (Fsp3) is 0.611. The van der Waals surface area contributed by atoms with Gasteiger partial charge >= 0.3 is 0 Å². The van der Waals surface area contributed by atoms with Crippen molar-refractivity contribution in [3.63, 3.8) is 0 Å². The number of rotatable bonds is 7. The molecule has 0 heterocycles. The van der Waals surface area contributed by atoms with E-state index >= 15 is 0 Å². The third-order valence-electron chi connectivity index (χ3n) is 4.08. The van der Waals surface area contributed by atoms with Crippen molar-refractivity contribution in [1.29, 1.82) is 5.26 Å². The minimum Gasteiger partial charge on any atom is -0.491 e. The summed E-state index contributed by atoms with van der Waals surface area (Å²) in [5.74, 6) is 1.38. The molecule has 0 aromatic heterocycles. The highest BCUT2D eigenvalue weighted by molar-refractivity contribution is 5.42. The quantitative estimate of drug-likeness (QED) is 0.764. The summed E-state index contributed by atoms with van der Waals surface area (Å²) < 4.78 is 5.84. The molecule has 0 bridgehead atoms. The van der Waals surface area contributed by atoms with Crippen LogP contribution in [-0.4, -0.2) is 30.6 Å². The Labute approximate surface area is 128 Å². The van der Waals surface area contributed by atoms with Crippen LogP contribution in [0.25, 0.3) is 0 Å². The lowest BCUT2D eigenvalue weighted by molar-refractivity contribution is 0.145. The summed E-state index contributed by atoms with van der Waals surface area (Å²) in [6.07, 6.45) is 5.36. The lowest BCUT2D eigenvalue weighted by Gasteiger charge is -2.30. The minimum absolute atomic E-state index is 0.619. The summed E-state index contributed by atoms with van der Waals surface area (Å²) in [4.78, 5) is 2.58. The predicted octanol–water partition coefficient (Wildman–Crippen LogP) is 3.84. The van der Waals surface area contributed by atoms with Crippen molar-refractivity contribution in [1.82, 2.24) is 4.90 Å². The number of para-hydroxylation sites is 1. The first-order valence-electron chi connectivity index (χ1n) is 8.06. The summed E-state index contributed by atoms with van der Waals surface area (Å²) in [5.41, 5.74) is 0.619. The van der Waals surface area contributed by atoms with Gasteiger partial charge in [0.25, 0.3) is 0 Å². The molecule has 0 aliphatic heterocycles. The molecule has 1 fully saturated rings. The first kappa shape index (κ1) is 15.9. The molecule has 114 valence electrons. The maximum absolute atomic E-state index is 9.08. The molecule has 0 amide bonds. The Morgan fingerprint density at radius 3 is 2.67 bits per heavy atom. The largest absolute Gasteiger partial charge is 0.491 e. The van der Waals surface area contributed by atoms with Gasteiger partial charge in [-0.25, -0.2) is 0 Å². The predicted molar refractivity (Wildman–Crippen MR) is 85.3 cm³/mol. The van der Waals surface area contributed by atoms with E-state index in [0.29, 0.717) is 23.8 Å². The Bertz CT molecular complexity index is 472. The lowest BCUT2D eigenvalue weighted by Crippen LogP contribution is -2.39. The van der Waals surface area contributed by atoms with Crippen molar-refractivity contribution < 1.29 is 4.74 Å². The van der Waals surface area contributed by atoms with E-state index in [9.17, 15) is 0 Å². The normalized spacial score (nSPS) is 15.6. The molecule has 1 saturated carbocycles. The average molecular weight is 286 g/mol. The maximum Gasteiger partial charge on any atom is 0.137 e. The summed E-state index contributed by atoms with van der Waals surface area (Å²) >= 11 is 0. The summed E-state index contributed by atoms with van der Waals surface area (Å²) in [6, 6.07) is 10.4. The molecule has 1 aliphatic rings. The molecule has 1 aromatic rings. The van der Waals surface area contributed by atoms with Crippen molar-refractivity contribution in [2.45, 2.75) is 45.6 Å². The van der Waals surface area contributed by atoms with E-state index in [1.165, 1.54) is 25.7 Å². The standard InChI is InChI=1S/C18H26N2O/c1-15(2)14-20(17-8-4-5-9-17)11-12-21-18-10-6-3-7-16(18)13-19/h3,6-7,10,15,17H,4-5,8-9,11-12,14H2,1-2H3. The van der Waals surface area contributed by atoms with Gasteiger partial charge in [0.05, 0.1) is 5.56 Å². The summed E-state index contributed by atoms with van der Waals surface area (Å²) in [7, 11) is 0. The molecule has 0 spiro atoms. The minimum atomic E-state index is 0.619. The molecule has 1 aliphatic carbocycles. The first-order valence-corrected chi connectivity index (χ1v) is 8.06. The fourth-order valence-electron chi connectivity index (χ4n) is 3.12. The Morgan fingerprint density at radius 1 is 1.29 bits per heavy atom. The van der Waals surface area contributed by atoms with Gasteiger partial charge in [-0.3, -0.25) is 4.90 Å². The number of ether oxygens (including phenoxy) is 1. The zero-order chi connectivity index (χ0) is 15.1. The van der Waals surface area contributed by atoms with Gasteiger partial charge in [0.2, 0.25) is 0 Å². The molecular weight excluding hydrogens is 260 g/mol. The highest BCUT2D eigenvalue weighted by Gasteiger charge is 2.22. The number of hydrogen-bond donors (Lipinski definition) is 0. The molecule has 3 nitrogen and oxygen atoms in total. The van der Waals surface area contributed by atoms with Gasteiger partial charge < -0.3 is 4.74 Å². The van der Waals surface area contributed by atoms with E-state index in [4.69, 9.17) is 10.00 Å². The SMILES string of the molecule is CC(C)CN(CCOc1ccccc1C#N)C1CCCC1. The first-order chi connectivity index (χ1) is 10.2. The Morgan fingerprint density at radius 2 is 2.00 bits per heavy atom. The van der Waals surface area contributed by atoms with Gasteiger partial charge in [0.15, 0.2) is 0 Å². The van der Waals surface area contributed by atoms with Crippen molar-refractivity contribution in [2.75, 3.05) is 19.7 Å². The maximum atomic E-state index is 9.08. The van der Waals surface area contributed by atoms with Gasteiger partial charge in [-0.1, -0.05) is 38.8 Å². The van der Waals surface area contributed by atoms with Gasteiger partial charge in [-0.05, 0) is 30.9 Å². The number of nitrogens with zero attached hydrogens (tertiary/aromatic N) is 2. The van der Waals surface area contributed by atoms with Crippen LogP contribution in [0.4, 0.5) is 0 Å². The van der Waals surface area contributed by atoms with E-state index in [1.54, 1.807) is 6.07 Å². The molecule has 21 heavy (non-hydrogen) atoms. The van der Waals surface area contributed by atoms with Crippen LogP contribution in [-0.2, 0) is 0 Å².